The third kappa shape index (κ3) is 3.76. The van der Waals surface area contributed by atoms with Crippen molar-refractivity contribution in [3.05, 3.63) is 46.6 Å². The zero-order valence-electron chi connectivity index (χ0n) is 17.1. The monoisotopic (exact) mass is 380 g/mol. The number of anilines is 2. The van der Waals surface area contributed by atoms with E-state index in [0.29, 0.717) is 24.5 Å². The molecule has 1 aromatic carbocycles. The molecular formula is C22H28N4O2. The molecule has 1 aliphatic rings. The summed E-state index contributed by atoms with van der Waals surface area (Å²) in [5, 5.41) is 12.6. The van der Waals surface area contributed by atoms with Gasteiger partial charge < -0.3 is 19.5 Å². The van der Waals surface area contributed by atoms with Gasteiger partial charge in [0.15, 0.2) is 0 Å². The number of carbonyl (C=O) groups excluding carboxylic acids is 1. The average Bonchev–Trinajstić information content (AvgIpc) is 3.10. The van der Waals surface area contributed by atoms with Crippen molar-refractivity contribution in [2.75, 3.05) is 30.5 Å². The number of rotatable bonds is 7. The number of amides is 1. The van der Waals surface area contributed by atoms with Crippen LogP contribution >= 0.6 is 0 Å². The van der Waals surface area contributed by atoms with Gasteiger partial charge in [-0.25, -0.2) is 0 Å². The third-order valence-corrected chi connectivity index (χ3v) is 5.59. The van der Waals surface area contributed by atoms with Crippen molar-refractivity contribution in [2.45, 2.75) is 46.2 Å². The standard InChI is InChI=1S/C22H28N4O2/c1-15-12-18-8-5-6-9-20(18)26(15)14-21(27)24-22-19(13-23)16(2)17(3)25(22)10-7-11-28-4/h5-6,8-9,15H,7,10-12,14H2,1-4H3,(H,24,27)/t15-/m0/s1. The number of hydrogen-bond donors (Lipinski definition) is 1. The van der Waals surface area contributed by atoms with E-state index in [1.165, 1.54) is 5.56 Å². The predicted octanol–water partition coefficient (Wildman–Crippen LogP) is 3.40. The Morgan fingerprint density at radius 1 is 1.36 bits per heavy atom. The summed E-state index contributed by atoms with van der Waals surface area (Å²) in [4.78, 5) is 15.0. The maximum Gasteiger partial charge on any atom is 0.245 e. The number of carbonyl (C=O) groups is 1. The molecule has 6 heteroatoms. The van der Waals surface area contributed by atoms with Crippen LogP contribution in [0.2, 0.25) is 0 Å². The van der Waals surface area contributed by atoms with E-state index in [1.54, 1.807) is 7.11 Å². The van der Waals surface area contributed by atoms with E-state index in [2.05, 4.69) is 35.3 Å². The Kier molecular flexibility index (Phi) is 6.05. The fourth-order valence-corrected chi connectivity index (χ4v) is 3.97. The Balaban J connectivity index is 1.80. The summed E-state index contributed by atoms with van der Waals surface area (Å²) in [6.45, 7) is 7.64. The summed E-state index contributed by atoms with van der Waals surface area (Å²) in [6, 6.07) is 10.8. The number of methoxy groups -OCH3 is 1. The van der Waals surface area contributed by atoms with Crippen LogP contribution in [-0.4, -0.2) is 36.8 Å². The van der Waals surface area contributed by atoms with E-state index in [1.807, 2.05) is 30.5 Å². The minimum Gasteiger partial charge on any atom is -0.385 e. The minimum atomic E-state index is -0.106. The molecule has 0 aliphatic carbocycles. The summed E-state index contributed by atoms with van der Waals surface area (Å²) in [5.41, 5.74) is 4.85. The maximum atomic E-state index is 12.9. The van der Waals surface area contributed by atoms with Gasteiger partial charge in [0.05, 0.1) is 12.1 Å². The lowest BCUT2D eigenvalue weighted by molar-refractivity contribution is -0.115. The molecule has 2 heterocycles. The van der Waals surface area contributed by atoms with Gasteiger partial charge in [0, 0.05) is 37.7 Å². The number of benzene rings is 1. The molecule has 0 saturated heterocycles. The second-order valence-corrected chi connectivity index (χ2v) is 7.40. The number of nitriles is 1. The van der Waals surface area contributed by atoms with Gasteiger partial charge >= 0.3 is 0 Å². The van der Waals surface area contributed by atoms with Crippen molar-refractivity contribution in [2.24, 2.45) is 0 Å². The highest BCUT2D eigenvalue weighted by Crippen LogP contribution is 2.32. The van der Waals surface area contributed by atoms with Gasteiger partial charge in [-0.1, -0.05) is 18.2 Å². The molecule has 0 unspecified atom stereocenters. The Bertz CT molecular complexity index is 910. The third-order valence-electron chi connectivity index (χ3n) is 5.59. The molecule has 1 amide bonds. The van der Waals surface area contributed by atoms with Crippen LogP contribution in [-0.2, 0) is 22.5 Å². The molecule has 1 aromatic heterocycles. The first-order valence-electron chi connectivity index (χ1n) is 9.71. The number of nitrogens with zero attached hydrogens (tertiary/aromatic N) is 3. The number of aromatic nitrogens is 1. The Labute approximate surface area is 166 Å². The second-order valence-electron chi connectivity index (χ2n) is 7.40. The van der Waals surface area contributed by atoms with E-state index in [4.69, 9.17) is 4.74 Å². The molecule has 0 radical (unpaired) electrons. The number of ether oxygens (including phenoxy) is 1. The highest BCUT2D eigenvalue weighted by atomic mass is 16.5. The smallest absolute Gasteiger partial charge is 0.245 e. The van der Waals surface area contributed by atoms with Crippen LogP contribution in [0.5, 0.6) is 0 Å². The summed E-state index contributed by atoms with van der Waals surface area (Å²) >= 11 is 0. The highest BCUT2D eigenvalue weighted by Gasteiger charge is 2.28. The normalized spacial score (nSPS) is 15.4. The van der Waals surface area contributed by atoms with Crippen LogP contribution in [0, 0.1) is 25.2 Å². The molecule has 6 nitrogen and oxygen atoms in total. The first kappa shape index (κ1) is 20.0. The van der Waals surface area contributed by atoms with Crippen LogP contribution in [0.15, 0.2) is 24.3 Å². The number of para-hydroxylation sites is 1. The van der Waals surface area contributed by atoms with Gasteiger partial charge in [0.25, 0.3) is 0 Å². The van der Waals surface area contributed by atoms with Gasteiger partial charge in [-0.15, -0.1) is 0 Å². The van der Waals surface area contributed by atoms with Crippen LogP contribution in [0.4, 0.5) is 11.5 Å². The molecule has 1 atom stereocenters. The first-order chi connectivity index (χ1) is 13.5. The van der Waals surface area contributed by atoms with Gasteiger partial charge in [-0.2, -0.15) is 5.26 Å². The van der Waals surface area contributed by atoms with E-state index in [9.17, 15) is 10.1 Å². The fraction of sp³-hybridized carbons (Fsp3) is 0.455. The largest absolute Gasteiger partial charge is 0.385 e. The van der Waals surface area contributed by atoms with E-state index in [0.717, 1.165) is 29.8 Å². The summed E-state index contributed by atoms with van der Waals surface area (Å²) in [6.07, 6.45) is 1.76. The molecule has 0 bridgehead atoms. The number of fused-ring (bicyclic) bond motifs is 1. The Morgan fingerprint density at radius 2 is 2.11 bits per heavy atom. The summed E-state index contributed by atoms with van der Waals surface area (Å²) < 4.78 is 7.17. The summed E-state index contributed by atoms with van der Waals surface area (Å²) in [7, 11) is 1.67. The van der Waals surface area contributed by atoms with Crippen molar-refractivity contribution in [1.29, 1.82) is 5.26 Å². The number of hydrogen-bond acceptors (Lipinski definition) is 4. The fourth-order valence-electron chi connectivity index (χ4n) is 3.97. The molecule has 1 aliphatic heterocycles. The lowest BCUT2D eigenvalue weighted by Crippen LogP contribution is -2.37. The molecule has 0 saturated carbocycles. The van der Waals surface area contributed by atoms with E-state index < -0.39 is 0 Å². The first-order valence-corrected chi connectivity index (χ1v) is 9.71. The van der Waals surface area contributed by atoms with Gasteiger partial charge in [0.2, 0.25) is 5.91 Å². The number of nitrogens with one attached hydrogen (secondary N) is 1. The van der Waals surface area contributed by atoms with Crippen molar-refractivity contribution < 1.29 is 9.53 Å². The van der Waals surface area contributed by atoms with Crippen molar-refractivity contribution >= 4 is 17.4 Å². The zero-order chi connectivity index (χ0) is 20.3. The summed E-state index contributed by atoms with van der Waals surface area (Å²) in [5.74, 6) is 0.490. The Morgan fingerprint density at radius 3 is 2.82 bits per heavy atom. The SMILES string of the molecule is COCCCn1c(C)c(C)c(C#N)c1NC(=O)CN1c2ccccc2C[C@@H]1C. The lowest BCUT2D eigenvalue weighted by Gasteiger charge is -2.24. The zero-order valence-corrected chi connectivity index (χ0v) is 17.1. The predicted molar refractivity (Wildman–Crippen MR) is 111 cm³/mol. The molecule has 28 heavy (non-hydrogen) atoms. The van der Waals surface area contributed by atoms with Crippen molar-refractivity contribution in [3.63, 3.8) is 0 Å². The highest BCUT2D eigenvalue weighted by molar-refractivity contribution is 5.95. The van der Waals surface area contributed by atoms with Gasteiger partial charge in [-0.05, 0) is 50.8 Å². The van der Waals surface area contributed by atoms with E-state index in [-0.39, 0.29) is 18.5 Å². The van der Waals surface area contributed by atoms with Crippen LogP contribution in [0.3, 0.4) is 0 Å². The van der Waals surface area contributed by atoms with Crippen LogP contribution in [0.1, 0.15) is 35.7 Å². The molecule has 0 fully saturated rings. The lowest BCUT2D eigenvalue weighted by atomic mass is 10.1. The van der Waals surface area contributed by atoms with Crippen molar-refractivity contribution in [3.8, 4) is 6.07 Å². The van der Waals surface area contributed by atoms with Crippen molar-refractivity contribution in [1.82, 2.24) is 4.57 Å². The second kappa shape index (κ2) is 8.49. The molecule has 3 rings (SSSR count). The van der Waals surface area contributed by atoms with Gasteiger partial charge in [-0.3, -0.25) is 4.79 Å². The van der Waals surface area contributed by atoms with E-state index >= 15 is 0 Å². The van der Waals surface area contributed by atoms with Gasteiger partial charge in [0.1, 0.15) is 11.9 Å². The molecular weight excluding hydrogens is 352 g/mol. The molecule has 1 N–H and O–H groups in total. The molecule has 0 spiro atoms. The average molecular weight is 380 g/mol. The quantitative estimate of drug-likeness (QED) is 0.748. The van der Waals surface area contributed by atoms with Crippen LogP contribution < -0.4 is 10.2 Å². The van der Waals surface area contributed by atoms with Crippen LogP contribution in [0.25, 0.3) is 0 Å². The molecule has 2 aromatic rings. The minimum absolute atomic E-state index is 0.106. The maximum absolute atomic E-state index is 12.9. The molecule has 148 valence electrons. The Hall–Kier alpha value is -2.78. The topological polar surface area (TPSA) is 70.3 Å².